The lowest BCUT2D eigenvalue weighted by Crippen LogP contribution is -2.67. The molecule has 5 unspecified atom stereocenters. The molecule has 19 heteroatoms. The summed E-state index contributed by atoms with van der Waals surface area (Å²) < 4.78 is 29.5. The van der Waals surface area contributed by atoms with Crippen LogP contribution >= 0.6 is 0 Å². The molecule has 2 saturated heterocycles. The normalized spacial score (nSPS) is 50.6. The molecule has 3 saturated carbocycles. The van der Waals surface area contributed by atoms with E-state index in [1.54, 1.807) is 13.8 Å². The van der Waals surface area contributed by atoms with Gasteiger partial charge in [0, 0.05) is 16.2 Å². The minimum atomic E-state index is -1.78. The van der Waals surface area contributed by atoms with E-state index in [0.29, 0.717) is 38.5 Å². The minimum absolute atomic E-state index is 0.0658. The first-order chi connectivity index (χ1) is 30.9. The largest absolute Gasteiger partial charge is 0.462 e. The molecule has 23 atom stereocenters. The maximum atomic E-state index is 13.8. The van der Waals surface area contributed by atoms with Crippen LogP contribution in [-0.2, 0) is 28.5 Å². The summed E-state index contributed by atoms with van der Waals surface area (Å²) in [7, 11) is 0. The van der Waals surface area contributed by atoms with Gasteiger partial charge in [-0.25, -0.2) is 0 Å². The summed E-state index contributed by atoms with van der Waals surface area (Å²) in [6.07, 6.45) is -13.7. The number of esters is 1. The standard InChI is InChI=1S/C47H76O19/c1-22-32(55)38(66-39-36(59)35(58)34(57)27(18-49)64-39)37(60)40(63-22)65-31-10-11-43(3)28(44(31,4)20-50)9-12-45(5)29(43)8-7-23-24-15-42(2,41(61)62-19-26(53)33(56)25(52)17-48)13-14-47(24,21-51)30(54)16-46(23,45)6/h7-8,22,25-40,48-60H,9-21H2,1-6H3/t22-,25?,26?,27+,28?,29?,30+,31-,32+,33?,34+,35-,36+,37+,38+,39-,40-,42-,43-,44-,45+,46+,47+/m0/s1. The summed E-state index contributed by atoms with van der Waals surface area (Å²) in [5, 5.41) is 138. The van der Waals surface area contributed by atoms with Crippen molar-refractivity contribution in [3.63, 3.8) is 0 Å². The van der Waals surface area contributed by atoms with Gasteiger partial charge in [0.1, 0.15) is 67.6 Å². The van der Waals surface area contributed by atoms with Crippen LogP contribution in [0.3, 0.4) is 0 Å². The SMILES string of the molecule is C[C@@H]1O[C@@H](O[C@H]2CC[C@@]3(C)C(CC[C@]4(C)C3C=CC3=C5C[C@@](C)(C(=O)OCC(O)C(O)C(O)CO)CC[C@]5(CO)[C@H](O)C[C@]34C)[C@]2(C)CO)[C@H](O)[C@H](O[C@@H]2O[C@H](CO)[C@@H](O)[C@H](O)[C@H]2O)[C@@H]1O. The first kappa shape index (κ1) is 52.1. The van der Waals surface area contributed by atoms with Crippen LogP contribution in [0, 0.1) is 44.3 Å². The van der Waals surface area contributed by atoms with Crippen LogP contribution in [0.25, 0.3) is 0 Å². The third kappa shape index (κ3) is 8.06. The summed E-state index contributed by atoms with van der Waals surface area (Å²) in [6.45, 7) is 9.21. The second-order valence-electron chi connectivity index (χ2n) is 22.1. The molecular formula is C47H76O19. The quantitative estimate of drug-likeness (QED) is 0.0721. The fourth-order valence-corrected chi connectivity index (χ4v) is 13.9. The molecule has 0 bridgehead atoms. The van der Waals surface area contributed by atoms with Crippen LogP contribution in [0.1, 0.15) is 92.9 Å². The summed E-state index contributed by atoms with van der Waals surface area (Å²) in [6, 6.07) is 0. The second-order valence-corrected chi connectivity index (χ2v) is 22.1. The van der Waals surface area contributed by atoms with Crippen molar-refractivity contribution in [3.8, 4) is 0 Å². The highest BCUT2D eigenvalue weighted by Gasteiger charge is 2.69. The van der Waals surface area contributed by atoms with Gasteiger partial charge in [0.25, 0.3) is 0 Å². The molecule has 13 N–H and O–H groups in total. The fourth-order valence-electron chi connectivity index (χ4n) is 13.9. The van der Waals surface area contributed by atoms with Crippen LogP contribution in [0.5, 0.6) is 0 Å². The Hall–Kier alpha value is -1.73. The van der Waals surface area contributed by atoms with Gasteiger partial charge in [0.05, 0.1) is 50.2 Å². The average Bonchev–Trinajstić information content (AvgIpc) is 3.29. The van der Waals surface area contributed by atoms with Crippen molar-refractivity contribution >= 4 is 5.97 Å². The molecule has 5 fully saturated rings. The van der Waals surface area contributed by atoms with Crippen molar-refractivity contribution in [2.24, 2.45) is 44.3 Å². The van der Waals surface area contributed by atoms with Gasteiger partial charge in [0.2, 0.25) is 0 Å². The molecule has 66 heavy (non-hydrogen) atoms. The number of aliphatic hydroxyl groups excluding tert-OH is 13. The van der Waals surface area contributed by atoms with Gasteiger partial charge in [0.15, 0.2) is 12.6 Å². The van der Waals surface area contributed by atoms with E-state index < -0.39 is 150 Å². The van der Waals surface area contributed by atoms with Gasteiger partial charge in [-0.1, -0.05) is 45.4 Å². The molecule has 0 aromatic rings. The zero-order chi connectivity index (χ0) is 48.7. The van der Waals surface area contributed by atoms with E-state index in [4.69, 9.17) is 23.7 Å². The molecule has 0 aromatic heterocycles. The Labute approximate surface area is 385 Å². The van der Waals surface area contributed by atoms with E-state index in [0.717, 1.165) is 11.1 Å². The van der Waals surface area contributed by atoms with Gasteiger partial charge >= 0.3 is 5.97 Å². The van der Waals surface area contributed by atoms with E-state index in [1.807, 2.05) is 6.92 Å². The molecular weight excluding hydrogens is 868 g/mol. The topological polar surface area (TPSA) is 326 Å². The third-order valence-corrected chi connectivity index (χ3v) is 18.5. The lowest BCUT2D eigenvalue weighted by atomic mass is 9.35. The molecule has 2 heterocycles. The zero-order valence-electron chi connectivity index (χ0n) is 38.9. The van der Waals surface area contributed by atoms with Crippen molar-refractivity contribution in [3.05, 3.63) is 23.3 Å². The van der Waals surface area contributed by atoms with Gasteiger partial charge in [-0.2, -0.15) is 0 Å². The van der Waals surface area contributed by atoms with E-state index in [-0.39, 0.29) is 37.9 Å². The Bertz CT molecular complexity index is 1810. The van der Waals surface area contributed by atoms with Crippen molar-refractivity contribution in [1.82, 2.24) is 0 Å². The van der Waals surface area contributed by atoms with Gasteiger partial charge in [-0.3, -0.25) is 4.79 Å². The summed E-state index contributed by atoms with van der Waals surface area (Å²) in [5.41, 5.74) is -2.75. The lowest BCUT2D eigenvalue weighted by molar-refractivity contribution is -0.367. The van der Waals surface area contributed by atoms with Crippen LogP contribution in [0.4, 0.5) is 0 Å². The highest BCUT2D eigenvalue weighted by Crippen LogP contribution is 2.74. The lowest BCUT2D eigenvalue weighted by Gasteiger charge is -2.70. The molecule has 0 aromatic carbocycles. The predicted molar refractivity (Wildman–Crippen MR) is 229 cm³/mol. The Balaban J connectivity index is 1.14. The number of allylic oxidation sites excluding steroid dienone is 3. The molecule has 0 amide bonds. The summed E-state index contributed by atoms with van der Waals surface area (Å²) in [4.78, 5) is 13.8. The van der Waals surface area contributed by atoms with Gasteiger partial charge in [-0.05, 0) is 93.5 Å². The van der Waals surface area contributed by atoms with E-state index in [1.165, 1.54) is 0 Å². The molecule has 7 rings (SSSR count). The van der Waals surface area contributed by atoms with Crippen molar-refractivity contribution in [2.45, 2.75) is 185 Å². The highest BCUT2D eigenvalue weighted by atomic mass is 16.7. The monoisotopic (exact) mass is 944 g/mol. The summed E-state index contributed by atoms with van der Waals surface area (Å²) >= 11 is 0. The van der Waals surface area contributed by atoms with E-state index in [2.05, 4.69) is 32.9 Å². The molecule has 0 spiro atoms. The number of carbonyl (C=O) groups is 1. The first-order valence-electron chi connectivity index (χ1n) is 23.7. The Morgan fingerprint density at radius 3 is 2.11 bits per heavy atom. The molecule has 2 aliphatic heterocycles. The molecule has 19 nitrogen and oxygen atoms in total. The Morgan fingerprint density at radius 1 is 0.788 bits per heavy atom. The molecule has 378 valence electrons. The van der Waals surface area contributed by atoms with Crippen molar-refractivity contribution < 1.29 is 94.9 Å². The number of fused-ring (bicyclic) bond motifs is 6. The summed E-state index contributed by atoms with van der Waals surface area (Å²) in [5.74, 6) is -0.824. The number of hydrogen-bond acceptors (Lipinski definition) is 19. The predicted octanol–water partition coefficient (Wildman–Crippen LogP) is -1.72. The highest BCUT2D eigenvalue weighted by molar-refractivity contribution is 5.77. The van der Waals surface area contributed by atoms with Crippen molar-refractivity contribution in [1.29, 1.82) is 0 Å². The molecule has 0 radical (unpaired) electrons. The second kappa shape index (κ2) is 18.8. The van der Waals surface area contributed by atoms with Crippen LogP contribution in [0.15, 0.2) is 23.3 Å². The number of rotatable bonds is 13. The average molecular weight is 945 g/mol. The molecule has 5 aliphatic carbocycles. The van der Waals surface area contributed by atoms with E-state index in [9.17, 15) is 71.2 Å². The van der Waals surface area contributed by atoms with Crippen LogP contribution < -0.4 is 0 Å². The molecule has 7 aliphatic rings. The fraction of sp³-hybridized carbons (Fsp3) is 0.894. The number of hydrogen-bond donors (Lipinski definition) is 13. The number of aliphatic hydroxyl groups is 13. The smallest absolute Gasteiger partial charge is 0.312 e. The van der Waals surface area contributed by atoms with E-state index >= 15 is 0 Å². The number of carbonyl (C=O) groups excluding carboxylic acids is 1. The zero-order valence-corrected chi connectivity index (χ0v) is 38.9. The number of ether oxygens (including phenoxy) is 5. The van der Waals surface area contributed by atoms with Crippen LogP contribution in [-0.4, -0.2) is 197 Å². The first-order valence-corrected chi connectivity index (χ1v) is 23.7. The Kier molecular flexibility index (Phi) is 14.8. The maximum Gasteiger partial charge on any atom is 0.312 e. The van der Waals surface area contributed by atoms with Gasteiger partial charge < -0.3 is 90.1 Å². The van der Waals surface area contributed by atoms with Crippen molar-refractivity contribution in [2.75, 3.05) is 33.0 Å². The van der Waals surface area contributed by atoms with Crippen LogP contribution in [0.2, 0.25) is 0 Å². The maximum absolute atomic E-state index is 13.8. The third-order valence-electron chi connectivity index (χ3n) is 18.5. The van der Waals surface area contributed by atoms with Gasteiger partial charge in [-0.15, -0.1) is 0 Å². The Morgan fingerprint density at radius 2 is 1.47 bits per heavy atom. The minimum Gasteiger partial charge on any atom is -0.462 e.